The van der Waals surface area contributed by atoms with E-state index in [1.807, 2.05) is 0 Å². The van der Waals surface area contributed by atoms with Crippen LogP contribution in [0.1, 0.15) is 0 Å². The van der Waals surface area contributed by atoms with E-state index in [2.05, 4.69) is 19.4 Å². The lowest BCUT2D eigenvalue weighted by Gasteiger charge is -2.26. The highest BCUT2D eigenvalue weighted by Gasteiger charge is 2.12. The molecule has 0 aromatic rings. The standard InChI is InChI=1S/C10H20N6O12.HNO3/c17-13(18)25-7-3-11(4-8-26-14(19)20)1-2-12(5-9-27-15(21)22)6-10-28-16(23)24;2-1(3)4/h1-10H2;(H,2,3,4). The molecule has 0 aliphatic rings. The first-order valence-corrected chi connectivity index (χ1v) is 8.31. The molecule has 32 heavy (non-hydrogen) atoms. The second-order valence-corrected chi connectivity index (χ2v) is 5.15. The Hall–Kier alpha value is -4.08. The molecular weight excluding hydrogens is 458 g/mol. The van der Waals surface area contributed by atoms with Crippen LogP contribution in [0.25, 0.3) is 0 Å². The Kier molecular flexibility index (Phi) is 17.8. The number of rotatable bonds is 19. The second kappa shape index (κ2) is 18.9. The van der Waals surface area contributed by atoms with Gasteiger partial charge in [0.2, 0.25) is 0 Å². The van der Waals surface area contributed by atoms with Crippen molar-refractivity contribution in [1.82, 2.24) is 9.80 Å². The minimum absolute atomic E-state index is 0.0483. The van der Waals surface area contributed by atoms with Gasteiger partial charge in [0, 0.05) is 39.3 Å². The van der Waals surface area contributed by atoms with E-state index >= 15 is 0 Å². The summed E-state index contributed by atoms with van der Waals surface area (Å²) in [7, 11) is 0. The Morgan fingerprint density at radius 3 is 0.844 bits per heavy atom. The van der Waals surface area contributed by atoms with Crippen LogP contribution in [0.5, 0.6) is 0 Å². The molecule has 22 nitrogen and oxygen atoms in total. The van der Waals surface area contributed by atoms with Crippen molar-refractivity contribution >= 4 is 0 Å². The maximum Gasteiger partial charge on any atom is 0.294 e. The fourth-order valence-electron chi connectivity index (χ4n) is 1.93. The summed E-state index contributed by atoms with van der Waals surface area (Å²) in [6.07, 6.45) is 0. The van der Waals surface area contributed by atoms with Gasteiger partial charge in [-0.3, -0.25) is 9.80 Å². The summed E-state index contributed by atoms with van der Waals surface area (Å²) in [6.45, 7) is -0.557. The molecule has 0 aromatic heterocycles. The van der Waals surface area contributed by atoms with Gasteiger partial charge >= 0.3 is 0 Å². The van der Waals surface area contributed by atoms with E-state index < -0.39 is 25.4 Å². The predicted octanol–water partition coefficient (Wildman–Crippen LogP) is -1.92. The first-order chi connectivity index (χ1) is 14.9. The third kappa shape index (κ3) is 25.9. The van der Waals surface area contributed by atoms with Gasteiger partial charge < -0.3 is 24.6 Å². The minimum atomic E-state index is -1.50. The lowest BCUT2D eigenvalue weighted by Crippen LogP contribution is -2.41. The second-order valence-electron chi connectivity index (χ2n) is 5.15. The van der Waals surface area contributed by atoms with E-state index in [4.69, 9.17) is 15.3 Å². The summed E-state index contributed by atoms with van der Waals surface area (Å²) >= 11 is 0. The first-order valence-electron chi connectivity index (χ1n) is 8.31. The molecule has 0 aromatic carbocycles. The van der Waals surface area contributed by atoms with Crippen LogP contribution >= 0.6 is 0 Å². The van der Waals surface area contributed by atoms with Gasteiger partial charge in [0.05, 0.1) is 0 Å². The van der Waals surface area contributed by atoms with Crippen molar-refractivity contribution in [3.8, 4) is 0 Å². The Morgan fingerprint density at radius 1 is 0.500 bits per heavy atom. The van der Waals surface area contributed by atoms with E-state index in [0.29, 0.717) is 0 Å². The summed E-state index contributed by atoms with van der Waals surface area (Å²) < 4.78 is 0. The highest BCUT2D eigenvalue weighted by Crippen LogP contribution is 1.96. The largest absolute Gasteiger partial charge is 0.328 e. The van der Waals surface area contributed by atoms with Gasteiger partial charge in [-0.2, -0.15) is 0 Å². The van der Waals surface area contributed by atoms with Crippen molar-refractivity contribution in [2.24, 2.45) is 0 Å². The monoisotopic (exact) mass is 479 g/mol. The molecule has 0 aliphatic heterocycles. The van der Waals surface area contributed by atoms with Crippen molar-refractivity contribution < 1.29 is 50.0 Å². The van der Waals surface area contributed by atoms with E-state index in [1.54, 1.807) is 9.80 Å². The minimum Gasteiger partial charge on any atom is -0.328 e. The highest BCUT2D eigenvalue weighted by molar-refractivity contribution is 4.63. The summed E-state index contributed by atoms with van der Waals surface area (Å²) in [5.41, 5.74) is 0. The fraction of sp³-hybridized carbons (Fsp3) is 1.00. The molecular formula is C10H21N7O15. The average molecular weight is 479 g/mol. The third-order valence-electron chi connectivity index (χ3n) is 3.15. The van der Waals surface area contributed by atoms with Crippen LogP contribution < -0.4 is 0 Å². The van der Waals surface area contributed by atoms with E-state index in [-0.39, 0.29) is 65.7 Å². The molecule has 0 atom stereocenters. The quantitative estimate of drug-likeness (QED) is 0.156. The van der Waals surface area contributed by atoms with Crippen molar-refractivity contribution in [3.63, 3.8) is 0 Å². The van der Waals surface area contributed by atoms with Crippen LogP contribution in [0.4, 0.5) is 0 Å². The van der Waals surface area contributed by atoms with Crippen LogP contribution in [0.2, 0.25) is 0 Å². The van der Waals surface area contributed by atoms with Gasteiger partial charge in [-0.25, -0.2) is 0 Å². The van der Waals surface area contributed by atoms with Crippen LogP contribution in [0.3, 0.4) is 0 Å². The summed E-state index contributed by atoms with van der Waals surface area (Å²) in [5.74, 6) is 0. The van der Waals surface area contributed by atoms with Crippen molar-refractivity contribution in [1.29, 1.82) is 0 Å². The lowest BCUT2D eigenvalue weighted by molar-refractivity contribution is -0.759. The topological polar surface area (TPSA) is 279 Å². The van der Waals surface area contributed by atoms with Gasteiger partial charge in [0.25, 0.3) is 25.4 Å². The summed E-state index contributed by atoms with van der Waals surface area (Å²) in [5, 5.41) is 50.5. The molecule has 1 N–H and O–H groups in total. The molecule has 0 aliphatic carbocycles. The molecule has 0 saturated heterocycles. The van der Waals surface area contributed by atoms with Crippen LogP contribution in [0.15, 0.2) is 0 Å². The molecule has 0 amide bonds. The zero-order valence-electron chi connectivity index (χ0n) is 16.4. The van der Waals surface area contributed by atoms with Gasteiger partial charge in [-0.1, -0.05) is 0 Å². The molecule has 0 fully saturated rings. The van der Waals surface area contributed by atoms with Gasteiger partial charge in [-0.05, 0) is 0 Å². The Balaban J connectivity index is 0. The molecule has 22 heteroatoms. The van der Waals surface area contributed by atoms with Crippen molar-refractivity contribution in [2.45, 2.75) is 0 Å². The molecule has 0 bridgehead atoms. The molecule has 0 unspecified atom stereocenters. The molecule has 0 heterocycles. The van der Waals surface area contributed by atoms with E-state index in [1.165, 1.54) is 0 Å². The summed E-state index contributed by atoms with van der Waals surface area (Å²) in [6, 6.07) is 0. The average Bonchev–Trinajstić information content (AvgIpc) is 2.63. The van der Waals surface area contributed by atoms with Crippen molar-refractivity contribution in [3.05, 3.63) is 50.6 Å². The van der Waals surface area contributed by atoms with Crippen LogP contribution in [-0.4, -0.2) is 106 Å². The van der Waals surface area contributed by atoms with Crippen LogP contribution in [-0.2, 0) is 19.4 Å². The SMILES string of the molecule is O=[N+]([O-])O.O=[N+]([O-])OCCN(CCO[N+](=O)[O-])CCN(CCO[N+](=O)[O-])CCO[N+](=O)[O-]. The highest BCUT2D eigenvalue weighted by atomic mass is 17.0. The van der Waals surface area contributed by atoms with Crippen molar-refractivity contribution in [2.75, 3.05) is 65.7 Å². The Bertz CT molecular complexity index is 505. The summed E-state index contributed by atoms with van der Waals surface area (Å²) in [4.78, 5) is 69.0. The number of hydrogen-bond donors (Lipinski definition) is 1. The number of hydrogen-bond acceptors (Lipinski definition) is 16. The normalized spacial score (nSPS) is 9.94. The molecule has 0 rings (SSSR count). The smallest absolute Gasteiger partial charge is 0.294 e. The van der Waals surface area contributed by atoms with Crippen LogP contribution in [0, 0.1) is 50.6 Å². The molecule has 186 valence electrons. The predicted molar refractivity (Wildman–Crippen MR) is 93.4 cm³/mol. The zero-order chi connectivity index (χ0) is 24.9. The zero-order valence-corrected chi connectivity index (χ0v) is 16.4. The van der Waals surface area contributed by atoms with Gasteiger partial charge in [0.15, 0.2) is 0 Å². The third-order valence-corrected chi connectivity index (χ3v) is 3.15. The maximum atomic E-state index is 10.2. The Labute approximate surface area is 177 Å². The van der Waals surface area contributed by atoms with E-state index in [9.17, 15) is 40.5 Å². The molecule has 0 spiro atoms. The van der Waals surface area contributed by atoms with Gasteiger partial charge in [-0.15, -0.1) is 50.6 Å². The lowest BCUT2D eigenvalue weighted by atomic mass is 10.4. The van der Waals surface area contributed by atoms with Gasteiger partial charge in [0.1, 0.15) is 26.4 Å². The fourth-order valence-corrected chi connectivity index (χ4v) is 1.93. The molecule has 0 radical (unpaired) electrons. The van der Waals surface area contributed by atoms with E-state index in [0.717, 1.165) is 0 Å². The molecule has 0 saturated carbocycles. The first kappa shape index (κ1) is 30.1. The number of nitrogens with zero attached hydrogens (tertiary/aromatic N) is 7. The Morgan fingerprint density at radius 2 is 0.688 bits per heavy atom. The maximum absolute atomic E-state index is 10.2.